The van der Waals surface area contributed by atoms with Gasteiger partial charge in [-0.3, -0.25) is 4.79 Å². The molecule has 5 nitrogen and oxygen atoms in total. The molecule has 0 radical (unpaired) electrons. The second kappa shape index (κ2) is 5.54. The van der Waals surface area contributed by atoms with Gasteiger partial charge in [0, 0.05) is 11.6 Å². The van der Waals surface area contributed by atoms with Crippen LogP contribution in [0.1, 0.15) is 30.5 Å². The van der Waals surface area contributed by atoms with E-state index in [2.05, 4.69) is 0 Å². The van der Waals surface area contributed by atoms with Crippen LogP contribution in [0.3, 0.4) is 0 Å². The van der Waals surface area contributed by atoms with Crippen molar-refractivity contribution in [3.63, 3.8) is 0 Å². The molecule has 1 rings (SSSR count). The molecule has 0 saturated heterocycles. The van der Waals surface area contributed by atoms with Crippen molar-refractivity contribution >= 4 is 5.97 Å². The van der Waals surface area contributed by atoms with Crippen LogP contribution in [-0.2, 0) is 11.2 Å². The number of carboxylic acid groups (broad SMARTS) is 1. The van der Waals surface area contributed by atoms with Crippen LogP contribution in [0.2, 0.25) is 0 Å². The first kappa shape index (κ1) is 13.3. The molecule has 5 heteroatoms. The third-order valence-corrected chi connectivity index (χ3v) is 2.59. The molecule has 0 spiro atoms. The minimum atomic E-state index is -1.00. The normalized spacial score (nSPS) is 12.2. The number of aromatic hydroxyl groups is 1. The van der Waals surface area contributed by atoms with Crippen LogP contribution in [0.15, 0.2) is 12.1 Å². The quantitative estimate of drug-likeness (QED) is 0.723. The van der Waals surface area contributed by atoms with Gasteiger partial charge in [0.2, 0.25) is 0 Å². The topological polar surface area (TPSA) is 92.8 Å². The van der Waals surface area contributed by atoms with E-state index in [0.29, 0.717) is 11.3 Å². The van der Waals surface area contributed by atoms with E-state index in [0.717, 1.165) is 12.0 Å². The highest BCUT2D eigenvalue weighted by atomic mass is 16.5. The number of rotatable bonds is 5. The second-order valence-corrected chi connectivity index (χ2v) is 3.79. The van der Waals surface area contributed by atoms with Crippen molar-refractivity contribution in [2.24, 2.45) is 5.73 Å². The zero-order chi connectivity index (χ0) is 13.0. The molecule has 17 heavy (non-hydrogen) atoms. The zero-order valence-electron chi connectivity index (χ0n) is 9.93. The summed E-state index contributed by atoms with van der Waals surface area (Å²) in [6.07, 6.45) is 0.521. The van der Waals surface area contributed by atoms with Crippen molar-refractivity contribution in [1.82, 2.24) is 0 Å². The van der Waals surface area contributed by atoms with Crippen molar-refractivity contribution in [3.05, 3.63) is 23.3 Å². The minimum absolute atomic E-state index is 0.0848. The Morgan fingerprint density at radius 2 is 2.18 bits per heavy atom. The van der Waals surface area contributed by atoms with Crippen LogP contribution in [0, 0.1) is 0 Å². The van der Waals surface area contributed by atoms with E-state index in [-0.39, 0.29) is 12.2 Å². The summed E-state index contributed by atoms with van der Waals surface area (Å²) in [4.78, 5) is 10.6. The van der Waals surface area contributed by atoms with Gasteiger partial charge >= 0.3 is 5.97 Å². The number of methoxy groups -OCH3 is 1. The number of benzene rings is 1. The van der Waals surface area contributed by atoms with E-state index in [1.807, 2.05) is 6.92 Å². The molecule has 0 amide bonds. The average molecular weight is 239 g/mol. The molecular weight excluding hydrogens is 222 g/mol. The van der Waals surface area contributed by atoms with Crippen molar-refractivity contribution in [2.45, 2.75) is 25.8 Å². The summed E-state index contributed by atoms with van der Waals surface area (Å²) in [6, 6.07) is 2.69. The van der Waals surface area contributed by atoms with Gasteiger partial charge in [-0.2, -0.15) is 0 Å². The molecule has 0 heterocycles. The molecule has 0 aliphatic heterocycles. The van der Waals surface area contributed by atoms with Gasteiger partial charge in [-0.15, -0.1) is 0 Å². The van der Waals surface area contributed by atoms with Gasteiger partial charge in [-0.25, -0.2) is 0 Å². The third-order valence-electron chi connectivity index (χ3n) is 2.59. The summed E-state index contributed by atoms with van der Waals surface area (Å²) in [5.41, 5.74) is 7.09. The van der Waals surface area contributed by atoms with Crippen LogP contribution in [-0.4, -0.2) is 23.3 Å². The predicted molar refractivity (Wildman–Crippen MR) is 63.2 cm³/mol. The number of phenolic OH excluding ortho intramolecular Hbond substituents is 1. The van der Waals surface area contributed by atoms with Gasteiger partial charge in [0.1, 0.15) is 0 Å². The number of aryl methyl sites for hydroxylation is 1. The molecule has 0 aliphatic rings. The molecule has 1 aromatic carbocycles. The number of hydrogen-bond acceptors (Lipinski definition) is 4. The number of aliphatic carboxylic acids is 1. The lowest BCUT2D eigenvalue weighted by atomic mass is 9.99. The van der Waals surface area contributed by atoms with E-state index in [1.165, 1.54) is 7.11 Å². The molecule has 1 unspecified atom stereocenters. The summed E-state index contributed by atoms with van der Waals surface area (Å²) < 4.78 is 5.03. The highest BCUT2D eigenvalue weighted by Crippen LogP contribution is 2.35. The monoisotopic (exact) mass is 239 g/mol. The Bertz CT molecular complexity index is 417. The smallest absolute Gasteiger partial charge is 0.305 e. The number of hydrogen-bond donors (Lipinski definition) is 3. The zero-order valence-corrected chi connectivity index (χ0v) is 9.93. The maximum absolute atomic E-state index is 10.6. The van der Waals surface area contributed by atoms with Gasteiger partial charge in [-0.05, 0) is 18.1 Å². The van der Waals surface area contributed by atoms with Gasteiger partial charge in [0.25, 0.3) is 0 Å². The minimum Gasteiger partial charge on any atom is -0.504 e. The Kier molecular flexibility index (Phi) is 4.34. The maximum Gasteiger partial charge on any atom is 0.305 e. The fourth-order valence-electron chi connectivity index (χ4n) is 1.63. The van der Waals surface area contributed by atoms with E-state index >= 15 is 0 Å². The fourth-order valence-corrected chi connectivity index (χ4v) is 1.63. The van der Waals surface area contributed by atoms with E-state index in [9.17, 15) is 9.90 Å². The predicted octanol–water partition coefficient (Wildman–Crippen LogP) is 1.44. The number of phenols is 1. The third kappa shape index (κ3) is 3.10. The van der Waals surface area contributed by atoms with E-state index in [4.69, 9.17) is 15.6 Å². The number of carboxylic acids is 1. The molecule has 0 bridgehead atoms. The highest BCUT2D eigenvalue weighted by molar-refractivity contribution is 5.68. The Balaban J connectivity index is 3.16. The number of carbonyl (C=O) groups is 1. The lowest BCUT2D eigenvalue weighted by Crippen LogP contribution is -2.15. The molecule has 1 atom stereocenters. The van der Waals surface area contributed by atoms with Gasteiger partial charge in [0.15, 0.2) is 11.5 Å². The average Bonchev–Trinajstić information content (AvgIpc) is 2.28. The molecule has 0 aliphatic carbocycles. The Morgan fingerprint density at radius 3 is 2.65 bits per heavy atom. The van der Waals surface area contributed by atoms with Crippen molar-refractivity contribution < 1.29 is 19.7 Å². The van der Waals surface area contributed by atoms with Crippen LogP contribution in [0.4, 0.5) is 0 Å². The van der Waals surface area contributed by atoms with Gasteiger partial charge in [0.05, 0.1) is 13.5 Å². The maximum atomic E-state index is 10.6. The largest absolute Gasteiger partial charge is 0.504 e. The SMILES string of the molecule is CCc1cc(OC)c(O)c(C(N)CC(=O)O)c1. The first-order valence-corrected chi connectivity index (χ1v) is 5.36. The second-order valence-electron chi connectivity index (χ2n) is 3.79. The standard InChI is InChI=1S/C12H17NO4/c1-3-7-4-8(9(13)6-11(14)15)12(16)10(5-7)17-2/h4-5,9,16H,3,6,13H2,1-2H3,(H,14,15). The first-order valence-electron chi connectivity index (χ1n) is 5.36. The Morgan fingerprint density at radius 1 is 1.53 bits per heavy atom. The van der Waals surface area contributed by atoms with Crippen LogP contribution >= 0.6 is 0 Å². The molecular formula is C12H17NO4. The molecule has 0 fully saturated rings. The summed E-state index contributed by atoms with van der Waals surface area (Å²) >= 11 is 0. The highest BCUT2D eigenvalue weighted by Gasteiger charge is 2.18. The molecule has 0 saturated carbocycles. The molecule has 94 valence electrons. The Labute approximate surface area is 99.8 Å². The number of ether oxygens (including phenoxy) is 1. The summed E-state index contributed by atoms with van der Waals surface area (Å²) in [7, 11) is 1.45. The van der Waals surface area contributed by atoms with Crippen molar-refractivity contribution in [1.29, 1.82) is 0 Å². The van der Waals surface area contributed by atoms with E-state index < -0.39 is 12.0 Å². The van der Waals surface area contributed by atoms with Crippen LogP contribution < -0.4 is 10.5 Å². The van der Waals surface area contributed by atoms with Gasteiger partial charge in [-0.1, -0.05) is 13.0 Å². The van der Waals surface area contributed by atoms with Crippen molar-refractivity contribution in [3.8, 4) is 11.5 Å². The fraction of sp³-hybridized carbons (Fsp3) is 0.417. The molecule has 4 N–H and O–H groups in total. The summed E-state index contributed by atoms with van der Waals surface area (Å²) in [5.74, 6) is -0.767. The van der Waals surface area contributed by atoms with Crippen molar-refractivity contribution in [2.75, 3.05) is 7.11 Å². The lowest BCUT2D eigenvalue weighted by molar-refractivity contribution is -0.137. The Hall–Kier alpha value is -1.75. The van der Waals surface area contributed by atoms with Gasteiger partial charge < -0.3 is 20.7 Å². The number of nitrogens with two attached hydrogens (primary N) is 1. The van der Waals surface area contributed by atoms with Crippen LogP contribution in [0.25, 0.3) is 0 Å². The first-order chi connectivity index (χ1) is 7.99. The van der Waals surface area contributed by atoms with E-state index in [1.54, 1.807) is 12.1 Å². The summed E-state index contributed by atoms with van der Waals surface area (Å²) in [5, 5.41) is 18.6. The lowest BCUT2D eigenvalue weighted by Gasteiger charge is -2.15. The molecule has 0 aromatic heterocycles. The summed E-state index contributed by atoms with van der Waals surface area (Å²) in [6.45, 7) is 1.96. The molecule has 1 aromatic rings. The van der Waals surface area contributed by atoms with Crippen LogP contribution in [0.5, 0.6) is 11.5 Å².